The van der Waals surface area contributed by atoms with Gasteiger partial charge < -0.3 is 21.7 Å². The Labute approximate surface area is 202 Å². The Morgan fingerprint density at radius 2 is 1.76 bits per heavy atom. The second kappa shape index (κ2) is 15.5. The number of anilines is 1. The number of aryl methyl sites for hydroxylation is 1. The first-order valence-corrected chi connectivity index (χ1v) is 11.9. The predicted molar refractivity (Wildman–Crippen MR) is 134 cm³/mol. The third-order valence-electron chi connectivity index (χ3n) is 5.53. The van der Waals surface area contributed by atoms with Crippen LogP contribution in [0, 0.1) is 24.2 Å². The zero-order valence-corrected chi connectivity index (χ0v) is 20.5. The molecule has 1 unspecified atom stereocenters. The fourth-order valence-electron chi connectivity index (χ4n) is 3.54. The van der Waals surface area contributed by atoms with E-state index in [1.54, 1.807) is 0 Å². The predicted octanol–water partition coefficient (Wildman–Crippen LogP) is 3.16. The van der Waals surface area contributed by atoms with Gasteiger partial charge in [-0.2, -0.15) is 0 Å². The number of unbranched alkanes of at least 4 members (excludes halogenated alkanes) is 1. The molecule has 34 heavy (non-hydrogen) atoms. The lowest BCUT2D eigenvalue weighted by atomic mass is 9.89. The summed E-state index contributed by atoms with van der Waals surface area (Å²) in [6.07, 6.45) is 8.25. The average molecular weight is 471 g/mol. The minimum atomic E-state index is -0.693. The summed E-state index contributed by atoms with van der Waals surface area (Å²) in [4.78, 5) is 49.4. The number of nitrogens with one attached hydrogen (secondary N) is 3. The number of Topliss-reactive ketones (excluding diaryl/α,β-unsaturated/α-hetero) is 1. The van der Waals surface area contributed by atoms with Crippen molar-refractivity contribution in [2.45, 2.75) is 71.8 Å². The summed E-state index contributed by atoms with van der Waals surface area (Å²) in [6, 6.07) is 6.21. The van der Waals surface area contributed by atoms with E-state index < -0.39 is 18.0 Å². The Balaban J connectivity index is 2.87. The van der Waals surface area contributed by atoms with Gasteiger partial charge in [0.25, 0.3) is 0 Å². The fraction of sp³-hybridized carbons (Fsp3) is 0.538. The Morgan fingerprint density at radius 3 is 2.32 bits per heavy atom. The van der Waals surface area contributed by atoms with Gasteiger partial charge in [0.15, 0.2) is 5.78 Å². The number of terminal acetylenes is 1. The Morgan fingerprint density at radius 1 is 1.09 bits per heavy atom. The minimum Gasteiger partial charge on any atom is -0.352 e. The molecule has 1 rings (SSSR count). The van der Waals surface area contributed by atoms with Crippen LogP contribution in [-0.4, -0.2) is 36.2 Å². The minimum absolute atomic E-state index is 0.0249. The number of amides is 4. The van der Waals surface area contributed by atoms with Crippen molar-refractivity contribution in [2.75, 3.05) is 11.9 Å². The van der Waals surface area contributed by atoms with Crippen LogP contribution in [0.15, 0.2) is 24.3 Å². The molecule has 0 aliphatic rings. The summed E-state index contributed by atoms with van der Waals surface area (Å²) in [5.41, 5.74) is 6.91. The molecule has 4 amide bonds. The highest BCUT2D eigenvalue weighted by Crippen LogP contribution is 2.19. The van der Waals surface area contributed by atoms with Crippen LogP contribution in [0.3, 0.4) is 0 Å². The van der Waals surface area contributed by atoms with Crippen molar-refractivity contribution in [3.8, 4) is 12.3 Å². The summed E-state index contributed by atoms with van der Waals surface area (Å²) in [5.74, 6) is 1.03. The van der Waals surface area contributed by atoms with E-state index in [4.69, 9.17) is 12.2 Å². The van der Waals surface area contributed by atoms with Gasteiger partial charge in [-0.05, 0) is 49.3 Å². The molecular formula is C26H38N4O4. The van der Waals surface area contributed by atoms with Gasteiger partial charge in [0, 0.05) is 37.4 Å². The summed E-state index contributed by atoms with van der Waals surface area (Å²) in [6.45, 7) is 6.06. The maximum atomic E-state index is 13.1. The molecule has 2 atom stereocenters. The van der Waals surface area contributed by atoms with Crippen molar-refractivity contribution in [3.63, 3.8) is 0 Å². The van der Waals surface area contributed by atoms with Crippen LogP contribution < -0.4 is 21.7 Å². The molecule has 0 saturated heterocycles. The SMILES string of the molecule is C#CCCCC(=O)NC(C(=O)C[C@@H](CCCNC(N)=O)C(=O)Nc1ccc(CC)cc1)C(C)C. The van der Waals surface area contributed by atoms with Crippen LogP contribution in [0.5, 0.6) is 0 Å². The number of carbonyl (C=O) groups excluding carboxylic acids is 4. The zero-order chi connectivity index (χ0) is 25.5. The maximum Gasteiger partial charge on any atom is 0.312 e. The lowest BCUT2D eigenvalue weighted by Gasteiger charge is -2.24. The normalized spacial score (nSPS) is 12.3. The van der Waals surface area contributed by atoms with E-state index in [9.17, 15) is 19.2 Å². The van der Waals surface area contributed by atoms with E-state index in [0.29, 0.717) is 37.9 Å². The number of hydrogen-bond acceptors (Lipinski definition) is 4. The van der Waals surface area contributed by atoms with Gasteiger partial charge in [0.05, 0.1) is 6.04 Å². The molecule has 0 aromatic heterocycles. The summed E-state index contributed by atoms with van der Waals surface area (Å²) >= 11 is 0. The molecule has 0 fully saturated rings. The topological polar surface area (TPSA) is 130 Å². The summed E-state index contributed by atoms with van der Waals surface area (Å²) < 4.78 is 0. The molecule has 0 bridgehead atoms. The van der Waals surface area contributed by atoms with E-state index in [2.05, 4.69) is 21.9 Å². The average Bonchev–Trinajstić information content (AvgIpc) is 2.79. The van der Waals surface area contributed by atoms with Gasteiger partial charge in [-0.3, -0.25) is 14.4 Å². The largest absolute Gasteiger partial charge is 0.352 e. The number of nitrogens with two attached hydrogens (primary N) is 1. The lowest BCUT2D eigenvalue weighted by Crippen LogP contribution is -2.45. The molecule has 186 valence electrons. The standard InChI is InChI=1S/C26H38N4O4/c1-5-7-8-11-23(32)30-24(18(3)4)22(31)17-20(10-9-16-28-26(27)34)25(33)29-21-14-12-19(6-2)13-15-21/h1,12-15,18,20,24H,6-11,16-17H2,2-4H3,(H,29,33)(H,30,32)(H3,27,28,34)/t20-,24?/m1/s1. The smallest absolute Gasteiger partial charge is 0.312 e. The first-order valence-electron chi connectivity index (χ1n) is 11.9. The lowest BCUT2D eigenvalue weighted by molar-refractivity contribution is -0.131. The Hall–Kier alpha value is -3.34. The molecule has 5 N–H and O–H groups in total. The number of ketones is 1. The second-order valence-corrected chi connectivity index (χ2v) is 8.69. The second-order valence-electron chi connectivity index (χ2n) is 8.69. The van der Waals surface area contributed by atoms with Gasteiger partial charge in [-0.1, -0.05) is 32.9 Å². The van der Waals surface area contributed by atoms with Crippen molar-refractivity contribution in [1.29, 1.82) is 0 Å². The zero-order valence-electron chi connectivity index (χ0n) is 20.5. The van der Waals surface area contributed by atoms with Gasteiger partial charge in [-0.15, -0.1) is 12.3 Å². The first kappa shape index (κ1) is 28.7. The molecule has 1 aromatic rings. The number of benzene rings is 1. The Bertz CT molecular complexity index is 859. The van der Waals surface area contributed by atoms with Crippen molar-refractivity contribution < 1.29 is 19.2 Å². The van der Waals surface area contributed by atoms with E-state index in [1.807, 2.05) is 45.0 Å². The molecule has 0 aliphatic carbocycles. The summed E-state index contributed by atoms with van der Waals surface area (Å²) in [5, 5.41) is 8.18. The number of hydrogen-bond donors (Lipinski definition) is 4. The van der Waals surface area contributed by atoms with Crippen molar-refractivity contribution in [2.24, 2.45) is 17.6 Å². The first-order chi connectivity index (χ1) is 16.2. The molecule has 0 saturated carbocycles. The van der Waals surface area contributed by atoms with E-state index >= 15 is 0 Å². The molecule has 0 heterocycles. The van der Waals surface area contributed by atoms with Gasteiger partial charge >= 0.3 is 6.03 Å². The van der Waals surface area contributed by atoms with Crippen LogP contribution >= 0.6 is 0 Å². The maximum absolute atomic E-state index is 13.1. The quantitative estimate of drug-likeness (QED) is 0.232. The van der Waals surface area contributed by atoms with E-state index in [1.165, 1.54) is 0 Å². The molecule has 0 spiro atoms. The highest BCUT2D eigenvalue weighted by molar-refractivity contribution is 5.97. The number of rotatable bonds is 15. The molecule has 1 aromatic carbocycles. The number of carbonyl (C=O) groups is 4. The molecule has 0 aliphatic heterocycles. The molecule has 8 heteroatoms. The van der Waals surface area contributed by atoms with Crippen LogP contribution in [0.25, 0.3) is 0 Å². The number of primary amides is 1. The fourth-order valence-corrected chi connectivity index (χ4v) is 3.54. The third kappa shape index (κ3) is 11.0. The molecular weight excluding hydrogens is 432 g/mol. The number of urea groups is 1. The monoisotopic (exact) mass is 470 g/mol. The van der Waals surface area contributed by atoms with Crippen molar-refractivity contribution in [3.05, 3.63) is 29.8 Å². The van der Waals surface area contributed by atoms with E-state index in [0.717, 1.165) is 12.0 Å². The van der Waals surface area contributed by atoms with Crippen LogP contribution in [0.1, 0.15) is 64.9 Å². The highest BCUT2D eigenvalue weighted by Gasteiger charge is 2.29. The van der Waals surface area contributed by atoms with Crippen LogP contribution in [0.4, 0.5) is 10.5 Å². The van der Waals surface area contributed by atoms with E-state index in [-0.39, 0.29) is 36.4 Å². The van der Waals surface area contributed by atoms with Crippen molar-refractivity contribution >= 4 is 29.3 Å². The molecule has 0 radical (unpaired) electrons. The third-order valence-corrected chi connectivity index (χ3v) is 5.53. The van der Waals surface area contributed by atoms with Gasteiger partial charge in [0.1, 0.15) is 0 Å². The Kier molecular flexibility index (Phi) is 13.1. The van der Waals surface area contributed by atoms with Gasteiger partial charge in [0.2, 0.25) is 11.8 Å². The molecule has 8 nitrogen and oxygen atoms in total. The van der Waals surface area contributed by atoms with Crippen LogP contribution in [0.2, 0.25) is 0 Å². The summed E-state index contributed by atoms with van der Waals surface area (Å²) in [7, 11) is 0. The van der Waals surface area contributed by atoms with Crippen molar-refractivity contribution in [1.82, 2.24) is 10.6 Å². The van der Waals surface area contributed by atoms with Crippen LogP contribution in [-0.2, 0) is 20.8 Å². The highest BCUT2D eigenvalue weighted by atomic mass is 16.2. The van der Waals surface area contributed by atoms with Gasteiger partial charge in [-0.25, -0.2) is 4.79 Å².